The second kappa shape index (κ2) is 13.7. The van der Waals surface area contributed by atoms with E-state index in [1.807, 2.05) is 54.6 Å². The Hall–Kier alpha value is -4.79. The molecule has 3 heterocycles. The summed E-state index contributed by atoms with van der Waals surface area (Å²) in [6.07, 6.45) is -1.95. The molecule has 14 heteroatoms. The van der Waals surface area contributed by atoms with Crippen LogP contribution in [0.15, 0.2) is 122 Å². The van der Waals surface area contributed by atoms with Gasteiger partial charge >= 0.3 is 6.18 Å². The molecular formula is C41H39F3N4O5S2. The first-order valence-electron chi connectivity index (χ1n) is 18.2. The van der Waals surface area contributed by atoms with Gasteiger partial charge in [0.25, 0.3) is 0 Å². The maximum Gasteiger partial charge on any atom is 0.416 e. The van der Waals surface area contributed by atoms with Crippen molar-refractivity contribution in [1.82, 2.24) is 20.1 Å². The minimum absolute atomic E-state index is 0.0309. The number of aromatic nitrogens is 3. The number of piperidine rings is 1. The van der Waals surface area contributed by atoms with Gasteiger partial charge in [0, 0.05) is 22.4 Å². The fraction of sp³-hybridized carbons (Fsp3) is 0.317. The Morgan fingerprint density at radius 2 is 1.51 bits per heavy atom. The number of rotatable bonds is 10. The average Bonchev–Trinajstić information content (AvgIpc) is 3.73. The van der Waals surface area contributed by atoms with E-state index in [0.717, 1.165) is 35.9 Å². The zero-order valence-corrected chi connectivity index (χ0v) is 31.8. The summed E-state index contributed by atoms with van der Waals surface area (Å²) in [4.78, 5) is 4.94. The monoisotopic (exact) mass is 788 g/mol. The van der Waals surface area contributed by atoms with Crippen molar-refractivity contribution in [2.24, 2.45) is 5.92 Å². The van der Waals surface area contributed by atoms with E-state index in [-0.39, 0.29) is 26.6 Å². The Morgan fingerprint density at radius 3 is 2.20 bits per heavy atom. The number of fused-ring (bicyclic) bond motifs is 1. The summed E-state index contributed by atoms with van der Waals surface area (Å²) in [6, 6.07) is 27.0. The summed E-state index contributed by atoms with van der Waals surface area (Å²) < 4.78 is 103. The number of sulfone groups is 2. The SMILES string of the molecule is CC(C)(C1CCN(C(c2ccccc2)c2ccc(-c3nnc(C4CC4)o3)cc2S(=O)(=O)c2cc3ccccc3[nH]2)CC1)S(=O)(=O)c1cccc(C(F)(F)F)c1. The van der Waals surface area contributed by atoms with E-state index >= 15 is 0 Å². The van der Waals surface area contributed by atoms with Crippen molar-refractivity contribution in [2.75, 3.05) is 13.1 Å². The number of halogens is 3. The summed E-state index contributed by atoms with van der Waals surface area (Å²) in [5.74, 6) is 0.574. The van der Waals surface area contributed by atoms with Crippen LogP contribution in [0.2, 0.25) is 0 Å². The fourth-order valence-corrected chi connectivity index (χ4v) is 11.1. The van der Waals surface area contributed by atoms with Crippen molar-refractivity contribution in [1.29, 1.82) is 0 Å². The van der Waals surface area contributed by atoms with Crippen LogP contribution >= 0.6 is 0 Å². The van der Waals surface area contributed by atoms with Crippen LogP contribution in [0.1, 0.15) is 74.1 Å². The lowest BCUT2D eigenvalue weighted by molar-refractivity contribution is -0.137. The molecule has 1 saturated carbocycles. The van der Waals surface area contributed by atoms with E-state index in [1.54, 1.807) is 38.1 Å². The molecule has 9 nitrogen and oxygen atoms in total. The molecule has 1 saturated heterocycles. The number of benzene rings is 4. The van der Waals surface area contributed by atoms with Crippen LogP contribution in [0, 0.1) is 5.92 Å². The predicted molar refractivity (Wildman–Crippen MR) is 201 cm³/mol. The molecule has 0 bridgehead atoms. The molecule has 1 N–H and O–H groups in total. The summed E-state index contributed by atoms with van der Waals surface area (Å²) >= 11 is 0. The maximum absolute atomic E-state index is 14.8. The standard InChI is InChI=1S/C41H39F3N4O5S2/c1-40(2,55(51,52)32-13-8-12-31(25-32)41(42,43)44)30-19-21-48(22-20-30)37(26-9-4-3-5-10-26)33-18-17-29(39-47-46-38(53-39)27-15-16-27)23-35(33)54(49,50)36-24-28-11-6-7-14-34(28)45-36/h3-14,17-18,23-25,27,30,37,45H,15-16,19-22H2,1-2H3. The molecule has 6 aromatic rings. The lowest BCUT2D eigenvalue weighted by Crippen LogP contribution is -2.47. The summed E-state index contributed by atoms with van der Waals surface area (Å²) in [7, 11) is -8.36. The summed E-state index contributed by atoms with van der Waals surface area (Å²) in [5.41, 5.74) is 1.48. The van der Waals surface area contributed by atoms with Crippen LogP contribution in [-0.2, 0) is 25.9 Å². The largest absolute Gasteiger partial charge is 0.420 e. The minimum atomic E-state index is -4.68. The van der Waals surface area contributed by atoms with Crippen molar-refractivity contribution in [3.8, 4) is 11.5 Å². The van der Waals surface area contributed by atoms with Crippen molar-refractivity contribution < 1.29 is 34.4 Å². The van der Waals surface area contributed by atoms with Crippen LogP contribution < -0.4 is 0 Å². The Kier molecular flexibility index (Phi) is 9.29. The molecule has 0 radical (unpaired) electrons. The highest BCUT2D eigenvalue weighted by atomic mass is 32.2. The molecule has 2 aliphatic rings. The second-order valence-electron chi connectivity index (χ2n) is 15.0. The number of nitrogens with one attached hydrogen (secondary N) is 1. The maximum atomic E-state index is 14.8. The van der Waals surface area contributed by atoms with E-state index in [9.17, 15) is 30.0 Å². The first-order valence-corrected chi connectivity index (χ1v) is 21.1. The molecular weight excluding hydrogens is 750 g/mol. The minimum Gasteiger partial charge on any atom is -0.420 e. The fourth-order valence-electron chi connectivity index (χ4n) is 7.72. The molecule has 2 aromatic heterocycles. The highest BCUT2D eigenvalue weighted by Gasteiger charge is 2.46. The highest BCUT2D eigenvalue weighted by Crippen LogP contribution is 2.44. The normalized spacial score (nSPS) is 17.1. The second-order valence-corrected chi connectivity index (χ2v) is 19.4. The van der Waals surface area contributed by atoms with Gasteiger partial charge in [0.1, 0.15) is 5.03 Å². The molecule has 0 spiro atoms. The number of hydrogen-bond donors (Lipinski definition) is 1. The van der Waals surface area contributed by atoms with Gasteiger partial charge in [-0.2, -0.15) is 13.2 Å². The van der Waals surface area contributed by atoms with Crippen LogP contribution in [0.25, 0.3) is 22.4 Å². The van der Waals surface area contributed by atoms with Gasteiger partial charge in [0.05, 0.1) is 26.1 Å². The first kappa shape index (κ1) is 37.1. The molecule has 0 amide bonds. The number of para-hydroxylation sites is 1. The van der Waals surface area contributed by atoms with Crippen LogP contribution in [-0.4, -0.2) is 54.8 Å². The average molecular weight is 789 g/mol. The zero-order chi connectivity index (χ0) is 38.8. The molecule has 1 atom stereocenters. The number of hydrogen-bond acceptors (Lipinski definition) is 8. The van der Waals surface area contributed by atoms with Crippen molar-refractivity contribution >= 4 is 30.6 Å². The van der Waals surface area contributed by atoms with Gasteiger partial charge in [0.15, 0.2) is 9.84 Å². The molecule has 4 aromatic carbocycles. The van der Waals surface area contributed by atoms with Gasteiger partial charge in [-0.15, -0.1) is 10.2 Å². The third-order valence-electron chi connectivity index (χ3n) is 11.2. The number of nitrogens with zero attached hydrogens (tertiary/aromatic N) is 3. The molecule has 8 rings (SSSR count). The van der Waals surface area contributed by atoms with Gasteiger partial charge in [-0.3, -0.25) is 4.90 Å². The van der Waals surface area contributed by atoms with E-state index in [1.165, 1.54) is 6.07 Å². The van der Waals surface area contributed by atoms with Gasteiger partial charge in [-0.25, -0.2) is 16.8 Å². The van der Waals surface area contributed by atoms with E-state index in [4.69, 9.17) is 4.42 Å². The van der Waals surface area contributed by atoms with Gasteiger partial charge in [-0.1, -0.05) is 60.7 Å². The third-order valence-corrected chi connectivity index (χ3v) is 15.5. The Bertz CT molecular complexity index is 2560. The zero-order valence-electron chi connectivity index (χ0n) is 30.1. The van der Waals surface area contributed by atoms with Gasteiger partial charge in [0.2, 0.25) is 21.6 Å². The number of aromatic amines is 1. The van der Waals surface area contributed by atoms with Crippen molar-refractivity contribution in [3.05, 3.63) is 126 Å². The quantitative estimate of drug-likeness (QED) is 0.146. The lowest BCUT2D eigenvalue weighted by Gasteiger charge is -2.43. The molecule has 2 fully saturated rings. The highest BCUT2D eigenvalue weighted by molar-refractivity contribution is 7.92. The van der Waals surface area contributed by atoms with E-state index < -0.39 is 48.1 Å². The topological polar surface area (TPSA) is 126 Å². The summed E-state index contributed by atoms with van der Waals surface area (Å²) in [5, 5.41) is 9.25. The predicted octanol–water partition coefficient (Wildman–Crippen LogP) is 9.00. The van der Waals surface area contributed by atoms with Crippen LogP contribution in [0.3, 0.4) is 0 Å². The van der Waals surface area contributed by atoms with Crippen LogP contribution in [0.5, 0.6) is 0 Å². The molecule has 1 unspecified atom stereocenters. The smallest absolute Gasteiger partial charge is 0.416 e. The number of likely N-dealkylation sites (tertiary alicyclic amines) is 1. The van der Waals surface area contributed by atoms with Crippen LogP contribution in [0.4, 0.5) is 13.2 Å². The van der Waals surface area contributed by atoms with E-state index in [2.05, 4.69) is 20.1 Å². The Morgan fingerprint density at radius 1 is 0.800 bits per heavy atom. The number of alkyl halides is 3. The molecule has 1 aliphatic heterocycles. The molecule has 55 heavy (non-hydrogen) atoms. The van der Waals surface area contributed by atoms with Gasteiger partial charge in [-0.05, 0) is 112 Å². The van der Waals surface area contributed by atoms with Crippen molar-refractivity contribution in [3.63, 3.8) is 0 Å². The first-order chi connectivity index (χ1) is 26.1. The Balaban J connectivity index is 1.17. The summed E-state index contributed by atoms with van der Waals surface area (Å²) in [6.45, 7) is 3.95. The Labute approximate surface area is 317 Å². The third kappa shape index (κ3) is 6.89. The van der Waals surface area contributed by atoms with E-state index in [0.29, 0.717) is 54.5 Å². The molecule has 1 aliphatic carbocycles. The lowest BCUT2D eigenvalue weighted by atomic mass is 9.84. The number of H-pyrrole nitrogens is 1. The van der Waals surface area contributed by atoms with Crippen molar-refractivity contribution in [2.45, 2.75) is 77.2 Å². The van der Waals surface area contributed by atoms with Gasteiger partial charge < -0.3 is 9.40 Å². The molecule has 286 valence electrons.